The van der Waals surface area contributed by atoms with Gasteiger partial charge in [-0.05, 0) is 38.0 Å². The van der Waals surface area contributed by atoms with Crippen molar-refractivity contribution in [3.8, 4) is 0 Å². The minimum absolute atomic E-state index is 0.0738. The molecule has 10 heteroatoms. The average molecular weight is 423 g/mol. The lowest BCUT2D eigenvalue weighted by Gasteiger charge is -2.23. The van der Waals surface area contributed by atoms with Crippen molar-refractivity contribution in [1.29, 1.82) is 0 Å². The van der Waals surface area contributed by atoms with E-state index in [4.69, 9.17) is 9.26 Å². The van der Waals surface area contributed by atoms with E-state index < -0.39 is 16.0 Å². The number of esters is 1. The van der Waals surface area contributed by atoms with Gasteiger partial charge in [-0.1, -0.05) is 19.0 Å². The molecule has 2 aromatic rings. The molecule has 0 amide bonds. The molecule has 0 aliphatic carbocycles. The van der Waals surface area contributed by atoms with E-state index in [0.29, 0.717) is 24.6 Å². The summed E-state index contributed by atoms with van der Waals surface area (Å²) in [6.07, 6.45) is 2.05. The second-order valence-corrected chi connectivity index (χ2v) is 8.71. The van der Waals surface area contributed by atoms with Crippen molar-refractivity contribution in [2.24, 2.45) is 0 Å². The van der Waals surface area contributed by atoms with Gasteiger partial charge in [0.25, 0.3) is 5.89 Å². The molecule has 1 aliphatic heterocycles. The van der Waals surface area contributed by atoms with Gasteiger partial charge >= 0.3 is 5.97 Å². The number of anilines is 1. The summed E-state index contributed by atoms with van der Waals surface area (Å²) in [6.45, 7) is 7.37. The highest BCUT2D eigenvalue weighted by Gasteiger charge is 2.27. The number of ether oxygens (including phenoxy) is 1. The summed E-state index contributed by atoms with van der Waals surface area (Å²) in [4.78, 5) is 19.0. The lowest BCUT2D eigenvalue weighted by atomic mass is 10.1. The van der Waals surface area contributed by atoms with Crippen LogP contribution >= 0.6 is 0 Å². The Kier molecular flexibility index (Phi) is 6.53. The summed E-state index contributed by atoms with van der Waals surface area (Å²) in [5.74, 6) is 0.00552. The van der Waals surface area contributed by atoms with Crippen LogP contribution in [0, 0.1) is 6.92 Å². The lowest BCUT2D eigenvalue weighted by molar-refractivity contribution is 0.0430. The van der Waals surface area contributed by atoms with Crippen LogP contribution < -0.4 is 4.90 Å². The molecule has 1 fully saturated rings. The maximum Gasteiger partial charge on any atom is 0.340 e. The van der Waals surface area contributed by atoms with Gasteiger partial charge in [-0.2, -0.15) is 9.29 Å². The smallest absolute Gasteiger partial charge is 0.340 e. The number of sulfonamides is 1. The number of aromatic nitrogens is 2. The fourth-order valence-electron chi connectivity index (χ4n) is 3.39. The van der Waals surface area contributed by atoms with E-state index >= 15 is 0 Å². The van der Waals surface area contributed by atoms with Crippen LogP contribution in [0.3, 0.4) is 0 Å². The number of aryl methyl sites for hydroxylation is 1. The Balaban J connectivity index is 1.93. The third kappa shape index (κ3) is 4.59. The van der Waals surface area contributed by atoms with Crippen LogP contribution in [-0.2, 0) is 21.4 Å². The molecule has 158 valence electrons. The Morgan fingerprint density at radius 3 is 2.52 bits per heavy atom. The van der Waals surface area contributed by atoms with Crippen molar-refractivity contribution in [2.45, 2.75) is 45.1 Å². The normalized spacial score (nSPS) is 14.6. The van der Waals surface area contributed by atoms with Crippen LogP contribution in [0.25, 0.3) is 0 Å². The quantitative estimate of drug-likeness (QED) is 0.597. The maximum atomic E-state index is 12.9. The molecule has 0 bridgehead atoms. The molecule has 0 spiro atoms. The van der Waals surface area contributed by atoms with E-state index in [2.05, 4.69) is 15.0 Å². The van der Waals surface area contributed by atoms with Crippen molar-refractivity contribution in [1.82, 2.24) is 14.4 Å². The van der Waals surface area contributed by atoms with Crippen LogP contribution in [0.5, 0.6) is 0 Å². The van der Waals surface area contributed by atoms with Crippen LogP contribution in [0.1, 0.15) is 48.8 Å². The maximum absolute atomic E-state index is 12.9. The standard InChI is InChI=1S/C19H26N4O5S/c1-4-23(5-2)29(25,26)15-8-9-17(22-10-6-7-11-22)16(12-15)19(24)27-13-18-20-14(3)21-28-18/h8-9,12H,4-7,10-11,13H2,1-3H3. The molecule has 0 saturated carbocycles. The molecule has 0 N–H and O–H groups in total. The highest BCUT2D eigenvalue weighted by Crippen LogP contribution is 2.29. The summed E-state index contributed by atoms with van der Waals surface area (Å²) in [6, 6.07) is 4.65. The second kappa shape index (κ2) is 8.91. The van der Waals surface area contributed by atoms with Gasteiger partial charge in [0.05, 0.1) is 16.1 Å². The zero-order valence-corrected chi connectivity index (χ0v) is 17.7. The van der Waals surface area contributed by atoms with Gasteiger partial charge in [0.15, 0.2) is 12.4 Å². The number of carbonyl (C=O) groups is 1. The minimum Gasteiger partial charge on any atom is -0.452 e. The van der Waals surface area contributed by atoms with E-state index in [1.54, 1.807) is 32.9 Å². The molecule has 0 atom stereocenters. The second-order valence-electron chi connectivity index (χ2n) is 6.77. The van der Waals surface area contributed by atoms with Crippen molar-refractivity contribution in [3.63, 3.8) is 0 Å². The third-order valence-corrected chi connectivity index (χ3v) is 6.92. The van der Waals surface area contributed by atoms with E-state index in [9.17, 15) is 13.2 Å². The average Bonchev–Trinajstić information content (AvgIpc) is 3.38. The SMILES string of the molecule is CCN(CC)S(=O)(=O)c1ccc(N2CCCC2)c(C(=O)OCc2nc(C)no2)c1. The van der Waals surface area contributed by atoms with Crippen LogP contribution in [-0.4, -0.2) is 55.0 Å². The fraction of sp³-hybridized carbons (Fsp3) is 0.526. The minimum atomic E-state index is -3.70. The Morgan fingerprint density at radius 1 is 1.24 bits per heavy atom. The highest BCUT2D eigenvalue weighted by molar-refractivity contribution is 7.89. The van der Waals surface area contributed by atoms with Gasteiger partial charge in [0.1, 0.15) is 0 Å². The number of benzene rings is 1. The van der Waals surface area contributed by atoms with E-state index in [-0.39, 0.29) is 23.0 Å². The molecular weight excluding hydrogens is 396 g/mol. The zero-order valence-electron chi connectivity index (χ0n) is 16.9. The molecule has 29 heavy (non-hydrogen) atoms. The van der Waals surface area contributed by atoms with Gasteiger partial charge in [0.2, 0.25) is 10.0 Å². The number of carbonyl (C=O) groups excluding carboxylic acids is 1. The van der Waals surface area contributed by atoms with Gasteiger partial charge in [0, 0.05) is 26.2 Å². The molecule has 1 saturated heterocycles. The molecule has 1 aliphatic rings. The summed E-state index contributed by atoms with van der Waals surface area (Å²) >= 11 is 0. The Hall–Kier alpha value is -2.46. The largest absolute Gasteiger partial charge is 0.452 e. The number of hydrogen-bond donors (Lipinski definition) is 0. The van der Waals surface area contributed by atoms with E-state index in [1.165, 1.54) is 10.4 Å². The van der Waals surface area contributed by atoms with Gasteiger partial charge in [-0.25, -0.2) is 13.2 Å². The highest BCUT2D eigenvalue weighted by atomic mass is 32.2. The van der Waals surface area contributed by atoms with Crippen LogP contribution in [0.15, 0.2) is 27.6 Å². The Labute approximate surface area is 170 Å². The van der Waals surface area contributed by atoms with Gasteiger partial charge < -0.3 is 14.2 Å². The van der Waals surface area contributed by atoms with Gasteiger partial charge in [-0.3, -0.25) is 0 Å². The third-order valence-electron chi connectivity index (χ3n) is 4.87. The topological polar surface area (TPSA) is 106 Å². The predicted octanol–water partition coefficient (Wildman–Crippen LogP) is 2.37. The van der Waals surface area contributed by atoms with Crippen molar-refractivity contribution >= 4 is 21.7 Å². The molecule has 1 aromatic heterocycles. The number of hydrogen-bond acceptors (Lipinski definition) is 8. The van der Waals surface area contributed by atoms with Crippen molar-refractivity contribution in [3.05, 3.63) is 35.5 Å². The monoisotopic (exact) mass is 422 g/mol. The van der Waals surface area contributed by atoms with Crippen LogP contribution in [0.4, 0.5) is 5.69 Å². The first-order valence-electron chi connectivity index (χ1n) is 9.72. The lowest BCUT2D eigenvalue weighted by Crippen LogP contribution is -2.31. The first-order chi connectivity index (χ1) is 13.9. The molecule has 3 rings (SSSR count). The summed E-state index contributed by atoms with van der Waals surface area (Å²) in [5, 5.41) is 3.66. The summed E-state index contributed by atoms with van der Waals surface area (Å²) in [5.41, 5.74) is 0.893. The fourth-order valence-corrected chi connectivity index (χ4v) is 4.87. The summed E-state index contributed by atoms with van der Waals surface area (Å²) in [7, 11) is -3.70. The Bertz CT molecular complexity index is 963. The molecular formula is C19H26N4O5S. The van der Waals surface area contributed by atoms with Crippen LogP contribution in [0.2, 0.25) is 0 Å². The van der Waals surface area contributed by atoms with E-state index in [0.717, 1.165) is 25.9 Å². The first-order valence-corrected chi connectivity index (χ1v) is 11.2. The predicted molar refractivity (Wildman–Crippen MR) is 106 cm³/mol. The number of rotatable bonds is 8. The molecule has 2 heterocycles. The molecule has 0 radical (unpaired) electrons. The first kappa shape index (κ1) is 21.3. The van der Waals surface area contributed by atoms with Crippen molar-refractivity contribution < 1.29 is 22.5 Å². The summed E-state index contributed by atoms with van der Waals surface area (Å²) < 4.78 is 37.5. The zero-order chi connectivity index (χ0) is 21.0. The molecule has 0 unspecified atom stereocenters. The molecule has 1 aromatic carbocycles. The molecule has 9 nitrogen and oxygen atoms in total. The Morgan fingerprint density at radius 2 is 1.93 bits per heavy atom. The number of nitrogens with zero attached hydrogens (tertiary/aromatic N) is 4. The van der Waals surface area contributed by atoms with Gasteiger partial charge in [-0.15, -0.1) is 0 Å². The van der Waals surface area contributed by atoms with Crippen molar-refractivity contribution in [2.75, 3.05) is 31.1 Å². The van der Waals surface area contributed by atoms with E-state index in [1.807, 2.05) is 0 Å².